The Morgan fingerprint density at radius 2 is 2.06 bits per heavy atom. The fourth-order valence-corrected chi connectivity index (χ4v) is 2.96. The summed E-state index contributed by atoms with van der Waals surface area (Å²) in [7, 11) is 0. The van der Waals surface area contributed by atoms with Gasteiger partial charge in [-0.3, -0.25) is 10.1 Å². The van der Waals surface area contributed by atoms with Gasteiger partial charge >= 0.3 is 18.2 Å². The largest absolute Gasteiger partial charge is 0.494 e. The Balaban J connectivity index is 1.63. The molecule has 1 aliphatic carbocycles. The first kappa shape index (κ1) is 24.9. The molecule has 1 aromatic rings. The second kappa shape index (κ2) is 10.5. The van der Waals surface area contributed by atoms with Crippen LogP contribution < -0.4 is 15.5 Å². The average Bonchev–Trinajstić information content (AvgIpc) is 3.61. The second-order valence-electron chi connectivity index (χ2n) is 7.60. The Bertz CT molecular complexity index is 1030. The number of carbonyl (C=O) groups excluding carboxylic acids is 4. The van der Waals surface area contributed by atoms with Crippen molar-refractivity contribution in [2.24, 2.45) is 5.92 Å². The quantitative estimate of drug-likeness (QED) is 0.253. The summed E-state index contributed by atoms with van der Waals surface area (Å²) in [5, 5.41) is 2.24. The van der Waals surface area contributed by atoms with Crippen LogP contribution in [0.5, 0.6) is 5.75 Å². The van der Waals surface area contributed by atoms with E-state index in [1.807, 2.05) is 5.48 Å². The Kier molecular flexibility index (Phi) is 7.65. The third-order valence-electron chi connectivity index (χ3n) is 4.84. The SMILES string of the molecule is O=CCCC(=O)NOC(=O)CCCOc1ccc2c(c1)C(C#CC1CC1)(C(F)(F)F)OC(=O)N2. The van der Waals surface area contributed by atoms with Crippen LogP contribution in [0.1, 0.15) is 44.1 Å². The van der Waals surface area contributed by atoms with Crippen molar-refractivity contribution in [1.82, 2.24) is 5.48 Å². The molecule has 1 aromatic carbocycles. The minimum atomic E-state index is -5.00. The molecule has 1 atom stereocenters. The average molecular weight is 482 g/mol. The summed E-state index contributed by atoms with van der Waals surface area (Å²) in [6.45, 7) is -0.0486. The number of hydroxylamine groups is 1. The predicted octanol–water partition coefficient (Wildman–Crippen LogP) is 3.13. The Hall–Kier alpha value is -3.75. The Labute approximate surface area is 192 Å². The number of carbonyl (C=O) groups is 4. The highest BCUT2D eigenvalue weighted by atomic mass is 19.4. The van der Waals surface area contributed by atoms with Crippen molar-refractivity contribution < 1.29 is 46.7 Å². The number of cyclic esters (lactones) is 1. The van der Waals surface area contributed by atoms with Crippen molar-refractivity contribution in [2.75, 3.05) is 11.9 Å². The van der Waals surface area contributed by atoms with E-state index in [1.165, 1.54) is 12.1 Å². The number of fused-ring (bicyclic) bond motifs is 1. The van der Waals surface area contributed by atoms with E-state index in [0.29, 0.717) is 19.1 Å². The van der Waals surface area contributed by atoms with Crippen molar-refractivity contribution >= 4 is 29.9 Å². The maximum absolute atomic E-state index is 14.1. The molecule has 34 heavy (non-hydrogen) atoms. The minimum absolute atomic E-state index is 0.00545. The van der Waals surface area contributed by atoms with Gasteiger partial charge in [-0.05, 0) is 43.4 Å². The van der Waals surface area contributed by atoms with Crippen molar-refractivity contribution in [3.63, 3.8) is 0 Å². The molecule has 1 aliphatic heterocycles. The van der Waals surface area contributed by atoms with Crippen molar-refractivity contribution in [2.45, 2.75) is 50.3 Å². The van der Waals surface area contributed by atoms with E-state index in [1.54, 1.807) is 0 Å². The van der Waals surface area contributed by atoms with Crippen LogP contribution >= 0.6 is 0 Å². The molecular weight excluding hydrogens is 461 g/mol. The first-order valence-electron chi connectivity index (χ1n) is 10.4. The molecule has 2 amide bonds. The van der Waals surface area contributed by atoms with Crippen LogP contribution in [-0.2, 0) is 29.6 Å². The number of halogens is 3. The number of hydrogen-bond acceptors (Lipinski definition) is 7. The highest BCUT2D eigenvalue weighted by Crippen LogP contribution is 2.48. The van der Waals surface area contributed by atoms with Gasteiger partial charge in [-0.25, -0.2) is 9.59 Å². The maximum atomic E-state index is 14.1. The van der Waals surface area contributed by atoms with E-state index in [-0.39, 0.29) is 49.6 Å². The highest BCUT2D eigenvalue weighted by Gasteiger charge is 2.62. The summed E-state index contributed by atoms with van der Waals surface area (Å²) in [5.74, 6) is 3.19. The standard InChI is InChI=1S/C22H21F3N2O7/c23-22(24,25)21(10-9-14-5-6-14)16-13-15(7-8-17(16)26-20(31)33-21)32-12-2-4-19(30)34-27-18(29)3-1-11-28/h7-8,11,13-14H,1-6,12H2,(H,26,31)(H,27,29). The number of rotatable bonds is 8. The monoisotopic (exact) mass is 482 g/mol. The van der Waals surface area contributed by atoms with E-state index in [0.717, 1.165) is 6.07 Å². The van der Waals surface area contributed by atoms with Gasteiger partial charge in [0.05, 0.1) is 18.7 Å². The number of aldehydes is 1. The third kappa shape index (κ3) is 6.18. The Morgan fingerprint density at radius 1 is 1.29 bits per heavy atom. The van der Waals surface area contributed by atoms with E-state index < -0.39 is 35.3 Å². The van der Waals surface area contributed by atoms with Gasteiger partial charge in [0.25, 0.3) is 11.5 Å². The molecule has 182 valence electrons. The zero-order chi connectivity index (χ0) is 24.8. The molecule has 1 saturated carbocycles. The van der Waals surface area contributed by atoms with Crippen LogP contribution in [0.4, 0.5) is 23.7 Å². The molecule has 1 fully saturated rings. The predicted molar refractivity (Wildman–Crippen MR) is 109 cm³/mol. The normalized spacial score (nSPS) is 18.9. The van der Waals surface area contributed by atoms with Crippen LogP contribution in [0, 0.1) is 17.8 Å². The molecule has 12 heteroatoms. The first-order valence-corrected chi connectivity index (χ1v) is 10.4. The zero-order valence-electron chi connectivity index (χ0n) is 17.8. The number of amides is 2. The topological polar surface area (TPSA) is 120 Å². The number of hydrogen-bond donors (Lipinski definition) is 2. The van der Waals surface area contributed by atoms with Crippen molar-refractivity contribution in [3.8, 4) is 17.6 Å². The van der Waals surface area contributed by atoms with Crippen molar-refractivity contribution in [3.05, 3.63) is 23.8 Å². The fourth-order valence-electron chi connectivity index (χ4n) is 2.96. The lowest BCUT2D eigenvalue weighted by atomic mass is 9.90. The molecule has 0 radical (unpaired) electrons. The van der Waals surface area contributed by atoms with Crippen molar-refractivity contribution in [1.29, 1.82) is 0 Å². The van der Waals surface area contributed by atoms with Crippen LogP contribution in [0.15, 0.2) is 18.2 Å². The number of alkyl halides is 3. The van der Waals surface area contributed by atoms with Gasteiger partial charge in [-0.15, -0.1) is 0 Å². The first-order chi connectivity index (χ1) is 16.1. The van der Waals surface area contributed by atoms with E-state index >= 15 is 0 Å². The van der Waals surface area contributed by atoms with Crippen LogP contribution in [0.25, 0.3) is 0 Å². The fraction of sp³-hybridized carbons (Fsp3) is 0.455. The van der Waals surface area contributed by atoms with Crippen LogP contribution in [0.3, 0.4) is 0 Å². The summed E-state index contributed by atoms with van der Waals surface area (Å²) in [5.41, 5.74) is -1.72. The van der Waals surface area contributed by atoms with Crippen LogP contribution in [-0.4, -0.2) is 37.0 Å². The molecule has 2 aliphatic rings. The number of ether oxygens (including phenoxy) is 2. The van der Waals surface area contributed by atoms with Crippen LogP contribution in [0.2, 0.25) is 0 Å². The van der Waals surface area contributed by atoms with Gasteiger partial charge in [-0.1, -0.05) is 5.92 Å². The molecule has 0 spiro atoms. The lowest BCUT2D eigenvalue weighted by molar-refractivity contribution is -0.239. The van der Waals surface area contributed by atoms with Gasteiger partial charge < -0.3 is 19.1 Å². The summed E-state index contributed by atoms with van der Waals surface area (Å²) in [4.78, 5) is 49.5. The smallest absolute Gasteiger partial charge is 0.445 e. The summed E-state index contributed by atoms with van der Waals surface area (Å²) < 4.78 is 52.5. The molecule has 0 bridgehead atoms. The third-order valence-corrected chi connectivity index (χ3v) is 4.84. The maximum Gasteiger partial charge on any atom is 0.445 e. The summed E-state index contributed by atoms with van der Waals surface area (Å²) in [6.07, 6.45) is -4.46. The van der Waals surface area contributed by atoms with Gasteiger partial charge in [-0.2, -0.15) is 18.7 Å². The van der Waals surface area contributed by atoms with Gasteiger partial charge in [0.1, 0.15) is 12.0 Å². The molecule has 9 nitrogen and oxygen atoms in total. The number of anilines is 1. The molecule has 0 aromatic heterocycles. The number of benzene rings is 1. The van der Waals surface area contributed by atoms with Gasteiger partial charge in [0.15, 0.2) is 0 Å². The minimum Gasteiger partial charge on any atom is -0.494 e. The molecule has 3 rings (SSSR count). The second-order valence-corrected chi connectivity index (χ2v) is 7.60. The van der Waals surface area contributed by atoms with Gasteiger partial charge in [0, 0.05) is 24.3 Å². The molecule has 1 unspecified atom stereocenters. The van der Waals surface area contributed by atoms with E-state index in [2.05, 4.69) is 22.0 Å². The lowest BCUT2D eigenvalue weighted by Gasteiger charge is -2.35. The van der Waals surface area contributed by atoms with E-state index in [4.69, 9.17) is 9.47 Å². The zero-order valence-corrected chi connectivity index (χ0v) is 17.8. The summed E-state index contributed by atoms with van der Waals surface area (Å²) >= 11 is 0. The number of nitrogens with one attached hydrogen (secondary N) is 2. The highest BCUT2D eigenvalue weighted by molar-refractivity contribution is 5.90. The molecule has 1 heterocycles. The molecular formula is C22H21F3N2O7. The van der Waals surface area contributed by atoms with E-state index in [9.17, 15) is 32.3 Å². The lowest BCUT2D eigenvalue weighted by Crippen LogP contribution is -2.49. The molecule has 2 N–H and O–H groups in total. The summed E-state index contributed by atoms with van der Waals surface area (Å²) in [6, 6.07) is 3.72. The molecule has 0 saturated heterocycles. The Morgan fingerprint density at radius 3 is 2.74 bits per heavy atom. The van der Waals surface area contributed by atoms with Gasteiger partial charge in [0.2, 0.25) is 0 Å².